The molecule has 0 fully saturated rings. The van der Waals surface area contributed by atoms with Gasteiger partial charge in [-0.05, 0) is 24.3 Å². The lowest BCUT2D eigenvalue weighted by Crippen LogP contribution is -1.93. The van der Waals surface area contributed by atoms with E-state index in [1.807, 2.05) is 12.1 Å². The number of fused-ring (bicyclic) bond motifs is 1. The molecule has 0 saturated carbocycles. The van der Waals surface area contributed by atoms with Crippen molar-refractivity contribution in [2.75, 3.05) is 0 Å². The quantitative estimate of drug-likeness (QED) is 0.716. The van der Waals surface area contributed by atoms with Crippen LogP contribution in [0.1, 0.15) is 0 Å². The van der Waals surface area contributed by atoms with E-state index in [-0.39, 0.29) is 11.5 Å². The van der Waals surface area contributed by atoms with E-state index in [4.69, 9.17) is 11.6 Å². The first-order valence-corrected chi connectivity index (χ1v) is 6.09. The normalized spacial score (nSPS) is 11.1. The van der Waals surface area contributed by atoms with E-state index in [0.717, 1.165) is 5.52 Å². The molecule has 0 aliphatic heterocycles. The predicted molar refractivity (Wildman–Crippen MR) is 74.5 cm³/mol. The summed E-state index contributed by atoms with van der Waals surface area (Å²) in [6.07, 6.45) is 0. The average molecular weight is 275 g/mol. The van der Waals surface area contributed by atoms with Crippen LogP contribution >= 0.6 is 11.6 Å². The Morgan fingerprint density at radius 3 is 2.32 bits per heavy atom. The Bertz CT molecular complexity index is 760. The highest BCUT2D eigenvalue weighted by Crippen LogP contribution is 2.38. The number of nitrogens with zero attached hydrogens (tertiary/aromatic N) is 2. The van der Waals surface area contributed by atoms with E-state index < -0.39 is 0 Å². The van der Waals surface area contributed by atoms with Crippen molar-refractivity contribution < 1.29 is 10.2 Å². The second-order valence-corrected chi connectivity index (χ2v) is 4.68. The number of phenols is 2. The summed E-state index contributed by atoms with van der Waals surface area (Å²) in [5.41, 5.74) is 1.78. The Hall–Kier alpha value is -2.20. The highest BCUT2D eigenvalue weighted by atomic mass is 35.5. The van der Waals surface area contributed by atoms with E-state index in [0.29, 0.717) is 21.9 Å². The highest BCUT2D eigenvalue weighted by Gasteiger charge is 2.18. The van der Waals surface area contributed by atoms with Gasteiger partial charge in [-0.1, -0.05) is 23.7 Å². The number of aromatic nitrogens is 2. The molecule has 2 aromatic carbocycles. The molecule has 96 valence electrons. The van der Waals surface area contributed by atoms with Gasteiger partial charge in [0, 0.05) is 7.05 Å². The topological polar surface area (TPSA) is 58.3 Å². The monoisotopic (exact) mass is 274 g/mol. The fraction of sp³-hybridized carbons (Fsp3) is 0.0714. The van der Waals surface area contributed by atoms with Crippen molar-refractivity contribution in [3.63, 3.8) is 0 Å². The largest absolute Gasteiger partial charge is 0.507 e. The van der Waals surface area contributed by atoms with Crippen molar-refractivity contribution in [2.24, 2.45) is 7.05 Å². The number of rotatable bonds is 1. The molecule has 0 spiro atoms. The molecule has 19 heavy (non-hydrogen) atoms. The van der Waals surface area contributed by atoms with Crippen LogP contribution in [-0.2, 0) is 7.05 Å². The van der Waals surface area contributed by atoms with Crippen molar-refractivity contribution >= 4 is 22.6 Å². The summed E-state index contributed by atoms with van der Waals surface area (Å²) < 4.78 is 1.76. The molecule has 0 amide bonds. The summed E-state index contributed by atoms with van der Waals surface area (Å²) in [4.78, 5) is 4.42. The van der Waals surface area contributed by atoms with Gasteiger partial charge >= 0.3 is 0 Å². The van der Waals surface area contributed by atoms with Gasteiger partial charge < -0.3 is 14.8 Å². The third-order valence-corrected chi connectivity index (χ3v) is 3.39. The molecule has 3 rings (SSSR count). The lowest BCUT2D eigenvalue weighted by atomic mass is 10.1. The van der Waals surface area contributed by atoms with Crippen molar-refractivity contribution in [3.05, 3.63) is 41.4 Å². The summed E-state index contributed by atoms with van der Waals surface area (Å²) in [5.74, 6) is 0.433. The number of hydrogen-bond acceptors (Lipinski definition) is 3. The molecule has 0 saturated heterocycles. The summed E-state index contributed by atoms with van der Waals surface area (Å²) in [6, 6.07) is 10.0. The fourth-order valence-corrected chi connectivity index (χ4v) is 2.50. The Morgan fingerprint density at radius 2 is 1.68 bits per heavy atom. The third kappa shape index (κ3) is 1.72. The molecule has 0 radical (unpaired) electrons. The zero-order chi connectivity index (χ0) is 13.6. The number of aryl methyl sites for hydroxylation is 1. The Morgan fingerprint density at radius 1 is 1.05 bits per heavy atom. The van der Waals surface area contributed by atoms with Gasteiger partial charge in [-0.3, -0.25) is 0 Å². The summed E-state index contributed by atoms with van der Waals surface area (Å²) in [7, 11) is 1.79. The Labute approximate surface area is 114 Å². The van der Waals surface area contributed by atoms with Crippen LogP contribution in [0, 0.1) is 0 Å². The average Bonchev–Trinajstić information content (AvgIpc) is 2.68. The van der Waals surface area contributed by atoms with Crippen LogP contribution in [-0.4, -0.2) is 19.8 Å². The summed E-state index contributed by atoms with van der Waals surface area (Å²) in [5, 5.41) is 20.4. The fourth-order valence-electron chi connectivity index (χ4n) is 2.20. The number of para-hydroxylation sites is 1. The van der Waals surface area contributed by atoms with Gasteiger partial charge in [0.05, 0.1) is 16.1 Å². The van der Waals surface area contributed by atoms with Gasteiger partial charge in [0.15, 0.2) is 0 Å². The molecular formula is C14H11ClN2O2. The Balaban J connectivity index is 2.38. The number of phenolic OH excluding ortho intramolecular Hbond substituents is 2. The van der Waals surface area contributed by atoms with Gasteiger partial charge in [0.25, 0.3) is 0 Å². The van der Waals surface area contributed by atoms with Crippen LogP contribution in [0.15, 0.2) is 36.4 Å². The van der Waals surface area contributed by atoms with Crippen LogP contribution in [0.2, 0.25) is 5.02 Å². The van der Waals surface area contributed by atoms with Gasteiger partial charge in [-0.25, -0.2) is 4.98 Å². The zero-order valence-corrected chi connectivity index (χ0v) is 10.9. The van der Waals surface area contributed by atoms with E-state index in [1.165, 1.54) is 12.1 Å². The van der Waals surface area contributed by atoms with Crippen molar-refractivity contribution in [1.29, 1.82) is 0 Å². The molecule has 0 aliphatic carbocycles. The van der Waals surface area contributed by atoms with Gasteiger partial charge in [-0.15, -0.1) is 0 Å². The first-order chi connectivity index (χ1) is 9.09. The van der Waals surface area contributed by atoms with Gasteiger partial charge in [0.1, 0.15) is 22.9 Å². The second kappa shape index (κ2) is 4.17. The maximum atomic E-state index is 9.92. The van der Waals surface area contributed by atoms with Crippen LogP contribution in [0.4, 0.5) is 0 Å². The molecule has 0 unspecified atom stereocenters. The molecule has 4 nitrogen and oxygen atoms in total. The highest BCUT2D eigenvalue weighted by molar-refractivity contribution is 6.35. The summed E-state index contributed by atoms with van der Waals surface area (Å²) >= 11 is 6.16. The molecule has 0 aliphatic rings. The minimum atomic E-state index is -0.0190. The number of hydrogen-bond donors (Lipinski definition) is 2. The van der Waals surface area contributed by atoms with E-state index in [9.17, 15) is 10.2 Å². The molecule has 2 N–H and O–H groups in total. The molecule has 1 heterocycles. The van der Waals surface area contributed by atoms with Crippen LogP contribution < -0.4 is 0 Å². The first kappa shape index (κ1) is 11.9. The second-order valence-electron chi connectivity index (χ2n) is 4.27. The zero-order valence-electron chi connectivity index (χ0n) is 10.1. The summed E-state index contributed by atoms with van der Waals surface area (Å²) in [6.45, 7) is 0. The Kier molecular flexibility index (Phi) is 2.61. The maximum Gasteiger partial charge on any atom is 0.148 e. The SMILES string of the molecule is Cn1c(-c2c(O)cccc2O)nc2cccc(Cl)c21. The molecular weight excluding hydrogens is 264 g/mol. The number of benzene rings is 2. The molecule has 0 bridgehead atoms. The van der Waals surface area contributed by atoms with Gasteiger partial charge in [-0.2, -0.15) is 0 Å². The standard InChI is InChI=1S/C14H11ClN2O2/c1-17-13-8(15)4-2-5-9(13)16-14(17)12-10(18)6-3-7-11(12)19/h2-7,18-19H,1H3. The predicted octanol–water partition coefficient (Wildman–Crippen LogP) is 3.30. The number of imidazole rings is 1. The number of aromatic hydroxyl groups is 2. The minimum absolute atomic E-state index is 0.0190. The minimum Gasteiger partial charge on any atom is -0.507 e. The molecule has 5 heteroatoms. The van der Waals surface area contributed by atoms with Crippen LogP contribution in [0.5, 0.6) is 11.5 Å². The molecule has 3 aromatic rings. The third-order valence-electron chi connectivity index (χ3n) is 3.09. The van der Waals surface area contributed by atoms with Crippen LogP contribution in [0.25, 0.3) is 22.4 Å². The number of halogens is 1. The maximum absolute atomic E-state index is 9.92. The lowest BCUT2D eigenvalue weighted by Gasteiger charge is -2.07. The first-order valence-electron chi connectivity index (χ1n) is 5.72. The van der Waals surface area contributed by atoms with Crippen molar-refractivity contribution in [2.45, 2.75) is 0 Å². The molecule has 1 aromatic heterocycles. The van der Waals surface area contributed by atoms with E-state index in [2.05, 4.69) is 4.98 Å². The molecule has 0 atom stereocenters. The van der Waals surface area contributed by atoms with E-state index in [1.54, 1.807) is 23.7 Å². The van der Waals surface area contributed by atoms with Crippen LogP contribution in [0.3, 0.4) is 0 Å². The van der Waals surface area contributed by atoms with E-state index >= 15 is 0 Å². The van der Waals surface area contributed by atoms with Crippen molar-refractivity contribution in [1.82, 2.24) is 9.55 Å². The van der Waals surface area contributed by atoms with Crippen molar-refractivity contribution in [3.8, 4) is 22.9 Å². The lowest BCUT2D eigenvalue weighted by molar-refractivity contribution is 0.453. The smallest absolute Gasteiger partial charge is 0.148 e. The van der Waals surface area contributed by atoms with Gasteiger partial charge in [0.2, 0.25) is 0 Å².